The summed E-state index contributed by atoms with van der Waals surface area (Å²) in [6.45, 7) is 3.97. The molecule has 1 saturated heterocycles. The van der Waals surface area contributed by atoms with E-state index in [9.17, 15) is 4.79 Å². The van der Waals surface area contributed by atoms with Crippen molar-refractivity contribution in [3.8, 4) is 0 Å². The van der Waals surface area contributed by atoms with Crippen LogP contribution in [0, 0.1) is 0 Å². The molecule has 130 valence electrons. The van der Waals surface area contributed by atoms with Crippen LogP contribution in [0.4, 0.5) is 0 Å². The van der Waals surface area contributed by atoms with Gasteiger partial charge in [-0.1, -0.05) is 24.6 Å². The molecule has 1 amide bonds. The summed E-state index contributed by atoms with van der Waals surface area (Å²) in [6, 6.07) is 4.20. The number of aromatic nitrogens is 2. The Bertz CT molecular complexity index is 641. The van der Waals surface area contributed by atoms with Crippen LogP contribution in [-0.2, 0) is 17.6 Å². The lowest BCUT2D eigenvalue weighted by Gasteiger charge is -2.32. The monoisotopic (exact) mass is 348 g/mol. The summed E-state index contributed by atoms with van der Waals surface area (Å²) in [5, 5.41) is 9.07. The molecule has 3 rings (SSSR count). The lowest BCUT2D eigenvalue weighted by Crippen LogP contribution is -2.42. The number of piperidine rings is 1. The van der Waals surface area contributed by atoms with Gasteiger partial charge in [-0.05, 0) is 37.3 Å². The maximum atomic E-state index is 12.3. The Labute approximate surface area is 146 Å². The van der Waals surface area contributed by atoms with Crippen molar-refractivity contribution in [1.82, 2.24) is 20.4 Å². The molecule has 24 heavy (non-hydrogen) atoms. The highest BCUT2D eigenvalue weighted by atomic mass is 32.1. The number of amides is 1. The molecule has 3 heterocycles. The van der Waals surface area contributed by atoms with E-state index in [1.54, 1.807) is 11.3 Å². The number of thiophene rings is 1. The van der Waals surface area contributed by atoms with Crippen LogP contribution >= 0.6 is 11.3 Å². The fourth-order valence-electron chi connectivity index (χ4n) is 3.03. The van der Waals surface area contributed by atoms with E-state index in [1.807, 2.05) is 13.0 Å². The van der Waals surface area contributed by atoms with Crippen molar-refractivity contribution in [1.29, 1.82) is 0 Å². The summed E-state index contributed by atoms with van der Waals surface area (Å²) < 4.78 is 5.40. The van der Waals surface area contributed by atoms with Crippen LogP contribution in [0.3, 0.4) is 0 Å². The SMILES string of the molecule is CCc1noc([C@H]2CCCCN2CC(=O)NCCc2cccs2)n1. The number of nitrogens with zero attached hydrogens (tertiary/aromatic N) is 3. The van der Waals surface area contributed by atoms with Crippen LogP contribution in [0.15, 0.2) is 22.0 Å². The standard InChI is InChI=1S/C17H24N4O2S/c1-2-15-19-17(23-20-15)14-7-3-4-10-21(14)12-16(22)18-9-8-13-6-5-11-24-13/h5-6,11,14H,2-4,7-10,12H2,1H3,(H,18,22)/t14-/m1/s1. The largest absolute Gasteiger partial charge is 0.355 e. The Morgan fingerprint density at radius 2 is 2.42 bits per heavy atom. The quantitative estimate of drug-likeness (QED) is 0.833. The van der Waals surface area contributed by atoms with Crippen LogP contribution in [-0.4, -0.2) is 40.6 Å². The number of carbonyl (C=O) groups is 1. The van der Waals surface area contributed by atoms with Gasteiger partial charge in [0.15, 0.2) is 5.82 Å². The molecule has 0 saturated carbocycles. The molecule has 0 aliphatic carbocycles. The Balaban J connectivity index is 1.52. The summed E-state index contributed by atoms with van der Waals surface area (Å²) in [6.07, 6.45) is 4.85. The lowest BCUT2D eigenvalue weighted by atomic mass is 10.0. The molecule has 1 aliphatic heterocycles. The number of carbonyl (C=O) groups excluding carboxylic acids is 1. The van der Waals surface area contributed by atoms with Crippen LogP contribution in [0.5, 0.6) is 0 Å². The van der Waals surface area contributed by atoms with Gasteiger partial charge in [0, 0.05) is 17.8 Å². The minimum absolute atomic E-state index is 0.0636. The van der Waals surface area contributed by atoms with E-state index in [-0.39, 0.29) is 11.9 Å². The number of likely N-dealkylation sites (tertiary alicyclic amines) is 1. The Kier molecular flexibility index (Phi) is 5.98. The first kappa shape index (κ1) is 17.1. The molecule has 6 nitrogen and oxygen atoms in total. The summed E-state index contributed by atoms with van der Waals surface area (Å²) >= 11 is 1.72. The maximum Gasteiger partial charge on any atom is 0.244 e. The minimum Gasteiger partial charge on any atom is -0.355 e. The second kappa shape index (κ2) is 8.39. The molecular weight excluding hydrogens is 324 g/mol. The smallest absolute Gasteiger partial charge is 0.244 e. The van der Waals surface area contributed by atoms with Gasteiger partial charge in [-0.3, -0.25) is 9.69 Å². The maximum absolute atomic E-state index is 12.3. The molecule has 2 aromatic heterocycles. The number of aryl methyl sites for hydroxylation is 1. The zero-order valence-electron chi connectivity index (χ0n) is 14.0. The topological polar surface area (TPSA) is 71.3 Å². The highest BCUT2D eigenvalue weighted by molar-refractivity contribution is 7.09. The van der Waals surface area contributed by atoms with E-state index in [0.29, 0.717) is 19.0 Å². The van der Waals surface area contributed by atoms with E-state index < -0.39 is 0 Å². The zero-order chi connectivity index (χ0) is 16.8. The third-order valence-electron chi connectivity index (χ3n) is 4.32. The molecule has 0 radical (unpaired) electrons. The molecule has 0 unspecified atom stereocenters. The van der Waals surface area contributed by atoms with Gasteiger partial charge in [-0.15, -0.1) is 11.3 Å². The van der Waals surface area contributed by atoms with E-state index in [1.165, 1.54) is 4.88 Å². The molecule has 1 atom stereocenters. The average Bonchev–Trinajstić information content (AvgIpc) is 3.27. The first-order valence-electron chi connectivity index (χ1n) is 8.62. The normalized spacial score (nSPS) is 18.6. The Morgan fingerprint density at radius 3 is 3.17 bits per heavy atom. The predicted octanol–water partition coefficient (Wildman–Crippen LogP) is 2.58. The Hall–Kier alpha value is -1.73. The van der Waals surface area contributed by atoms with Gasteiger partial charge in [-0.2, -0.15) is 4.98 Å². The van der Waals surface area contributed by atoms with E-state index >= 15 is 0 Å². The van der Waals surface area contributed by atoms with Crippen LogP contribution < -0.4 is 5.32 Å². The van der Waals surface area contributed by atoms with Gasteiger partial charge in [0.05, 0.1) is 12.6 Å². The van der Waals surface area contributed by atoms with Crippen LogP contribution in [0.2, 0.25) is 0 Å². The van der Waals surface area contributed by atoms with Crippen molar-refractivity contribution in [2.75, 3.05) is 19.6 Å². The van der Waals surface area contributed by atoms with E-state index in [2.05, 4.69) is 31.8 Å². The fraction of sp³-hybridized carbons (Fsp3) is 0.588. The second-order valence-corrected chi connectivity index (χ2v) is 7.10. The summed E-state index contributed by atoms with van der Waals surface area (Å²) in [7, 11) is 0. The minimum atomic E-state index is 0.0636. The first-order valence-corrected chi connectivity index (χ1v) is 9.50. The number of hydrogen-bond acceptors (Lipinski definition) is 6. The second-order valence-electron chi connectivity index (χ2n) is 6.06. The van der Waals surface area contributed by atoms with Gasteiger partial charge >= 0.3 is 0 Å². The highest BCUT2D eigenvalue weighted by Crippen LogP contribution is 2.29. The van der Waals surface area contributed by atoms with Gasteiger partial charge in [0.2, 0.25) is 11.8 Å². The lowest BCUT2D eigenvalue weighted by molar-refractivity contribution is -0.123. The number of nitrogens with one attached hydrogen (secondary N) is 1. The average molecular weight is 348 g/mol. The van der Waals surface area contributed by atoms with Crippen molar-refractivity contribution in [3.63, 3.8) is 0 Å². The highest BCUT2D eigenvalue weighted by Gasteiger charge is 2.29. The van der Waals surface area contributed by atoms with E-state index in [4.69, 9.17) is 4.52 Å². The zero-order valence-corrected chi connectivity index (χ0v) is 14.8. The third kappa shape index (κ3) is 4.42. The van der Waals surface area contributed by atoms with Crippen molar-refractivity contribution >= 4 is 17.2 Å². The number of hydrogen-bond donors (Lipinski definition) is 1. The Morgan fingerprint density at radius 1 is 1.50 bits per heavy atom. The molecule has 0 aromatic carbocycles. The summed E-state index contributed by atoms with van der Waals surface area (Å²) in [5.41, 5.74) is 0. The molecule has 1 N–H and O–H groups in total. The molecule has 2 aromatic rings. The summed E-state index contributed by atoms with van der Waals surface area (Å²) in [5.74, 6) is 1.45. The van der Waals surface area contributed by atoms with Gasteiger partial charge in [-0.25, -0.2) is 0 Å². The predicted molar refractivity (Wildman–Crippen MR) is 92.9 cm³/mol. The summed E-state index contributed by atoms with van der Waals surface area (Å²) in [4.78, 5) is 20.2. The van der Waals surface area contributed by atoms with Crippen LogP contribution in [0.25, 0.3) is 0 Å². The van der Waals surface area contributed by atoms with Gasteiger partial charge in [0.25, 0.3) is 0 Å². The molecule has 1 fully saturated rings. The molecule has 0 spiro atoms. The molecule has 0 bridgehead atoms. The number of rotatable bonds is 7. The molecule has 7 heteroatoms. The fourth-order valence-corrected chi connectivity index (χ4v) is 3.74. The molecular formula is C17H24N4O2S. The third-order valence-corrected chi connectivity index (χ3v) is 5.26. The van der Waals surface area contributed by atoms with Gasteiger partial charge < -0.3 is 9.84 Å². The first-order chi connectivity index (χ1) is 11.8. The van der Waals surface area contributed by atoms with Gasteiger partial charge in [0.1, 0.15) is 0 Å². The van der Waals surface area contributed by atoms with Crippen LogP contribution in [0.1, 0.15) is 48.8 Å². The van der Waals surface area contributed by atoms with Crippen molar-refractivity contribution in [2.24, 2.45) is 0 Å². The van der Waals surface area contributed by atoms with Crippen molar-refractivity contribution < 1.29 is 9.32 Å². The van der Waals surface area contributed by atoms with Crippen molar-refractivity contribution in [3.05, 3.63) is 34.1 Å². The van der Waals surface area contributed by atoms with Crippen molar-refractivity contribution in [2.45, 2.75) is 45.1 Å². The molecule has 1 aliphatic rings. The van der Waals surface area contributed by atoms with E-state index in [0.717, 1.165) is 44.5 Å².